The quantitative estimate of drug-likeness (QED) is 0.825. The highest BCUT2D eigenvalue weighted by Crippen LogP contribution is 2.26. The fraction of sp³-hybridized carbons (Fsp3) is 0.357. The number of benzene rings is 1. The molecule has 0 aromatic heterocycles. The van der Waals surface area contributed by atoms with Crippen molar-refractivity contribution in [2.24, 2.45) is 5.92 Å². The van der Waals surface area contributed by atoms with E-state index in [1.807, 2.05) is 6.08 Å². The van der Waals surface area contributed by atoms with Crippen molar-refractivity contribution in [2.45, 2.75) is 25.7 Å². The van der Waals surface area contributed by atoms with E-state index in [9.17, 15) is 4.79 Å². The molecule has 3 nitrogen and oxygen atoms in total. The molecule has 0 unspecified atom stereocenters. The molecule has 1 aromatic carbocycles. The van der Waals surface area contributed by atoms with Gasteiger partial charge in [0.15, 0.2) is 0 Å². The maximum absolute atomic E-state index is 11.7. The van der Waals surface area contributed by atoms with Crippen LogP contribution in [0.3, 0.4) is 0 Å². The minimum atomic E-state index is -0.321. The van der Waals surface area contributed by atoms with Gasteiger partial charge < -0.3 is 10.6 Å². The van der Waals surface area contributed by atoms with Gasteiger partial charge in [0.2, 0.25) is 0 Å². The number of halogens is 2. The van der Waals surface area contributed by atoms with E-state index in [0.717, 1.165) is 0 Å². The van der Waals surface area contributed by atoms with Crippen LogP contribution in [-0.4, -0.2) is 6.03 Å². The summed E-state index contributed by atoms with van der Waals surface area (Å²) in [5.41, 5.74) is 0.501. The van der Waals surface area contributed by atoms with Crippen LogP contribution >= 0.6 is 23.2 Å². The first kappa shape index (κ1) is 14.2. The van der Waals surface area contributed by atoms with E-state index in [2.05, 4.69) is 10.6 Å². The standard InChI is InChI=1S/C14H16Cl2N2O/c15-11-5-6-12(16)13(9-11)18-14(19)17-8-7-10-3-1-2-4-10/h5-10H,1-4H2,(H2,17,18,19)/b8-7+. The minimum Gasteiger partial charge on any atom is -0.315 e. The maximum Gasteiger partial charge on any atom is 0.323 e. The van der Waals surface area contributed by atoms with Crippen molar-refractivity contribution < 1.29 is 4.79 Å². The fourth-order valence-corrected chi connectivity index (χ4v) is 2.50. The van der Waals surface area contributed by atoms with Crippen molar-refractivity contribution in [2.75, 3.05) is 5.32 Å². The zero-order valence-electron chi connectivity index (χ0n) is 10.5. The molecule has 19 heavy (non-hydrogen) atoms. The van der Waals surface area contributed by atoms with Gasteiger partial charge in [-0.1, -0.05) is 42.1 Å². The van der Waals surface area contributed by atoms with Crippen molar-refractivity contribution >= 4 is 34.9 Å². The third kappa shape index (κ3) is 4.44. The first-order chi connectivity index (χ1) is 9.15. The molecule has 1 aromatic rings. The first-order valence-corrected chi connectivity index (χ1v) is 7.10. The largest absolute Gasteiger partial charge is 0.323 e. The molecule has 0 saturated heterocycles. The summed E-state index contributed by atoms with van der Waals surface area (Å²) in [7, 11) is 0. The van der Waals surface area contributed by atoms with Gasteiger partial charge >= 0.3 is 6.03 Å². The summed E-state index contributed by atoms with van der Waals surface area (Å²) in [5, 5.41) is 6.32. The average molecular weight is 299 g/mol. The van der Waals surface area contributed by atoms with Crippen molar-refractivity contribution in [3.63, 3.8) is 0 Å². The molecule has 1 aliphatic rings. The number of carbonyl (C=O) groups excluding carboxylic acids is 1. The number of urea groups is 1. The highest BCUT2D eigenvalue weighted by atomic mass is 35.5. The Morgan fingerprint density at radius 3 is 2.74 bits per heavy atom. The Morgan fingerprint density at radius 1 is 1.26 bits per heavy atom. The molecule has 1 fully saturated rings. The Balaban J connectivity index is 1.85. The fourth-order valence-electron chi connectivity index (χ4n) is 2.16. The van der Waals surface area contributed by atoms with E-state index in [1.165, 1.54) is 25.7 Å². The number of hydrogen-bond acceptors (Lipinski definition) is 1. The molecule has 5 heteroatoms. The first-order valence-electron chi connectivity index (χ1n) is 6.34. The van der Waals surface area contributed by atoms with Gasteiger partial charge in [0, 0.05) is 11.2 Å². The molecule has 2 rings (SSSR count). The van der Waals surface area contributed by atoms with Gasteiger partial charge in [0.05, 0.1) is 10.7 Å². The van der Waals surface area contributed by atoms with Crippen LogP contribution < -0.4 is 10.6 Å². The number of anilines is 1. The molecule has 2 N–H and O–H groups in total. The van der Waals surface area contributed by atoms with E-state index >= 15 is 0 Å². The molecule has 0 spiro atoms. The highest BCUT2D eigenvalue weighted by Gasteiger charge is 2.11. The Hall–Kier alpha value is -1.19. The number of hydrogen-bond donors (Lipinski definition) is 2. The molecule has 0 bridgehead atoms. The van der Waals surface area contributed by atoms with Crippen LogP contribution in [0, 0.1) is 5.92 Å². The lowest BCUT2D eigenvalue weighted by molar-refractivity contribution is 0.255. The number of allylic oxidation sites excluding steroid dienone is 1. The lowest BCUT2D eigenvalue weighted by Crippen LogP contribution is -2.24. The third-order valence-electron chi connectivity index (χ3n) is 3.16. The van der Waals surface area contributed by atoms with Crippen LogP contribution in [0.4, 0.5) is 10.5 Å². The van der Waals surface area contributed by atoms with Crippen molar-refractivity contribution in [3.05, 3.63) is 40.5 Å². The van der Waals surface area contributed by atoms with Gasteiger partial charge in [-0.25, -0.2) is 4.79 Å². The summed E-state index contributed by atoms with van der Waals surface area (Å²) in [6, 6.07) is 4.61. The third-order valence-corrected chi connectivity index (χ3v) is 3.72. The van der Waals surface area contributed by atoms with Crippen molar-refractivity contribution in [1.29, 1.82) is 0 Å². The number of nitrogens with one attached hydrogen (secondary N) is 2. The topological polar surface area (TPSA) is 41.1 Å². The minimum absolute atomic E-state index is 0.321. The van der Waals surface area contributed by atoms with E-state index < -0.39 is 0 Å². The molecule has 102 valence electrons. The van der Waals surface area contributed by atoms with E-state index in [-0.39, 0.29) is 6.03 Å². The lowest BCUT2D eigenvalue weighted by atomic mass is 10.1. The van der Waals surface area contributed by atoms with Crippen LogP contribution in [0.5, 0.6) is 0 Å². The molecule has 1 aliphatic carbocycles. The Kier molecular flexibility index (Phi) is 5.11. The predicted molar refractivity (Wildman–Crippen MR) is 79.7 cm³/mol. The zero-order chi connectivity index (χ0) is 13.7. The molecule has 0 atom stereocenters. The summed E-state index contributed by atoms with van der Waals surface area (Å²) in [4.78, 5) is 11.7. The predicted octanol–water partition coefficient (Wildman–Crippen LogP) is 4.82. The van der Waals surface area contributed by atoms with Crippen LogP contribution in [0.1, 0.15) is 25.7 Å². The van der Waals surface area contributed by atoms with Gasteiger partial charge in [0.25, 0.3) is 0 Å². The second-order valence-electron chi connectivity index (χ2n) is 4.63. The summed E-state index contributed by atoms with van der Waals surface area (Å²) >= 11 is 11.8. The maximum atomic E-state index is 11.7. The van der Waals surface area contributed by atoms with E-state index in [1.54, 1.807) is 24.4 Å². The van der Waals surface area contributed by atoms with Gasteiger partial charge in [-0.05, 0) is 37.0 Å². The van der Waals surface area contributed by atoms with Gasteiger partial charge in [-0.3, -0.25) is 0 Å². The summed E-state index contributed by atoms with van der Waals surface area (Å²) in [6.45, 7) is 0. The van der Waals surface area contributed by atoms with E-state index in [4.69, 9.17) is 23.2 Å². The number of amides is 2. The average Bonchev–Trinajstić information content (AvgIpc) is 2.87. The van der Waals surface area contributed by atoms with Gasteiger partial charge in [0.1, 0.15) is 0 Å². The zero-order valence-corrected chi connectivity index (χ0v) is 12.0. The smallest absolute Gasteiger partial charge is 0.315 e. The Bertz CT molecular complexity index is 482. The van der Waals surface area contributed by atoms with Crippen LogP contribution in [0.25, 0.3) is 0 Å². The molecule has 0 heterocycles. The summed E-state index contributed by atoms with van der Waals surface area (Å²) in [5.74, 6) is 0.593. The molecule has 1 saturated carbocycles. The molecule has 0 aliphatic heterocycles. The lowest BCUT2D eigenvalue weighted by Gasteiger charge is -2.07. The second-order valence-corrected chi connectivity index (χ2v) is 5.47. The Morgan fingerprint density at radius 2 is 2.00 bits per heavy atom. The normalized spacial score (nSPS) is 15.9. The monoisotopic (exact) mass is 298 g/mol. The number of carbonyl (C=O) groups is 1. The molecular weight excluding hydrogens is 283 g/mol. The van der Waals surface area contributed by atoms with Gasteiger partial charge in [-0.2, -0.15) is 0 Å². The van der Waals surface area contributed by atoms with Crippen molar-refractivity contribution in [1.82, 2.24) is 5.32 Å². The van der Waals surface area contributed by atoms with Gasteiger partial charge in [-0.15, -0.1) is 0 Å². The second kappa shape index (κ2) is 6.83. The molecule has 2 amide bonds. The molecule has 0 radical (unpaired) electrons. The van der Waals surface area contributed by atoms with Crippen LogP contribution in [0.2, 0.25) is 10.0 Å². The van der Waals surface area contributed by atoms with Crippen LogP contribution in [-0.2, 0) is 0 Å². The van der Waals surface area contributed by atoms with E-state index in [0.29, 0.717) is 21.7 Å². The number of rotatable bonds is 3. The SMILES string of the molecule is O=C(N/C=C/C1CCCC1)Nc1cc(Cl)ccc1Cl. The highest BCUT2D eigenvalue weighted by molar-refractivity contribution is 6.35. The Labute approximate surface area is 123 Å². The van der Waals surface area contributed by atoms with Crippen LogP contribution in [0.15, 0.2) is 30.5 Å². The summed E-state index contributed by atoms with van der Waals surface area (Å²) < 4.78 is 0. The summed E-state index contributed by atoms with van der Waals surface area (Å²) in [6.07, 6.45) is 8.72. The van der Waals surface area contributed by atoms with Crippen molar-refractivity contribution in [3.8, 4) is 0 Å². The molecular formula is C14H16Cl2N2O.